The van der Waals surface area contributed by atoms with Crippen molar-refractivity contribution in [3.63, 3.8) is 0 Å². The van der Waals surface area contributed by atoms with Crippen LogP contribution in [0.3, 0.4) is 0 Å². The molecule has 1 aromatic carbocycles. The number of amides is 4. The molecule has 0 bridgehead atoms. The summed E-state index contributed by atoms with van der Waals surface area (Å²) in [6.07, 6.45) is -11.1. The quantitative estimate of drug-likeness (QED) is 0.315. The van der Waals surface area contributed by atoms with Crippen molar-refractivity contribution in [2.75, 3.05) is 26.2 Å². The second-order valence-corrected chi connectivity index (χ2v) is 9.52. The number of nitrogens with one attached hydrogen (secondary N) is 3. The maximum atomic E-state index is 12.5. The Morgan fingerprint density at radius 1 is 0.946 bits per heavy atom. The SMILES string of the molecule is CC(C)(C)OC(=O)NC(=O)N1CCNCC1.O=C(NS(=O)(=O)O)c1cc(C(F)(F)F)cc(C(F)(F)F)c1. The monoisotopic (exact) mass is 566 g/mol. The van der Waals surface area contributed by atoms with Crippen LogP contribution in [0.15, 0.2) is 18.2 Å². The van der Waals surface area contributed by atoms with Crippen LogP contribution in [0.5, 0.6) is 0 Å². The van der Waals surface area contributed by atoms with Crippen LogP contribution in [-0.2, 0) is 27.4 Å². The number of urea groups is 1. The number of hydrogen-bond donors (Lipinski definition) is 4. The summed E-state index contributed by atoms with van der Waals surface area (Å²) in [7, 11) is -5.13. The van der Waals surface area contributed by atoms with E-state index >= 15 is 0 Å². The fourth-order valence-corrected chi connectivity index (χ4v) is 2.95. The first-order chi connectivity index (χ1) is 16.6. The minimum Gasteiger partial charge on any atom is -0.443 e. The number of nitrogens with zero attached hydrogens (tertiary/aromatic N) is 1. The molecule has 1 heterocycles. The molecule has 210 valence electrons. The van der Waals surface area contributed by atoms with Gasteiger partial charge in [0, 0.05) is 31.7 Å². The number of imide groups is 1. The lowest BCUT2D eigenvalue weighted by Crippen LogP contribution is -2.52. The van der Waals surface area contributed by atoms with Gasteiger partial charge >= 0.3 is 34.8 Å². The van der Waals surface area contributed by atoms with Crippen LogP contribution in [0, 0.1) is 0 Å². The predicted molar refractivity (Wildman–Crippen MR) is 115 cm³/mol. The van der Waals surface area contributed by atoms with Crippen molar-refractivity contribution in [2.24, 2.45) is 0 Å². The summed E-state index contributed by atoms with van der Waals surface area (Å²) in [5.74, 6) is -1.84. The summed E-state index contributed by atoms with van der Waals surface area (Å²) in [6.45, 7) is 7.97. The molecule has 1 aliphatic rings. The van der Waals surface area contributed by atoms with E-state index in [4.69, 9.17) is 9.29 Å². The zero-order valence-electron chi connectivity index (χ0n) is 19.6. The largest absolute Gasteiger partial charge is 0.443 e. The second-order valence-electron chi connectivity index (χ2n) is 8.37. The highest BCUT2D eigenvalue weighted by atomic mass is 32.2. The molecule has 37 heavy (non-hydrogen) atoms. The van der Waals surface area contributed by atoms with Gasteiger partial charge in [-0.05, 0) is 39.0 Å². The van der Waals surface area contributed by atoms with Gasteiger partial charge in [0.2, 0.25) is 0 Å². The topological polar surface area (TPSA) is 154 Å². The summed E-state index contributed by atoms with van der Waals surface area (Å²) < 4.78 is 110. The smallest absolute Gasteiger partial charge is 0.416 e. The minimum absolute atomic E-state index is 0.0236. The molecule has 0 unspecified atom stereocenters. The molecule has 0 aliphatic carbocycles. The van der Waals surface area contributed by atoms with Crippen LogP contribution in [0.1, 0.15) is 42.3 Å². The summed E-state index contributed by atoms with van der Waals surface area (Å²) >= 11 is 0. The summed E-state index contributed by atoms with van der Waals surface area (Å²) in [5.41, 5.74) is -5.40. The van der Waals surface area contributed by atoms with E-state index in [-0.39, 0.29) is 18.2 Å². The second kappa shape index (κ2) is 12.0. The third-order valence-corrected chi connectivity index (χ3v) is 4.53. The Morgan fingerprint density at radius 3 is 1.78 bits per heavy atom. The van der Waals surface area contributed by atoms with E-state index in [1.165, 1.54) is 0 Å². The molecule has 4 N–H and O–H groups in total. The van der Waals surface area contributed by atoms with Crippen LogP contribution in [0.4, 0.5) is 35.9 Å². The Balaban J connectivity index is 0.000000384. The van der Waals surface area contributed by atoms with Crippen molar-refractivity contribution in [1.29, 1.82) is 0 Å². The molecule has 18 heteroatoms. The molecule has 0 spiro atoms. The van der Waals surface area contributed by atoms with Crippen LogP contribution < -0.4 is 15.4 Å². The molecular weight excluding hydrogens is 542 g/mol. The van der Waals surface area contributed by atoms with Gasteiger partial charge in [-0.1, -0.05) is 0 Å². The van der Waals surface area contributed by atoms with Crippen molar-refractivity contribution in [1.82, 2.24) is 20.3 Å². The normalized spacial score (nSPS) is 14.7. The van der Waals surface area contributed by atoms with Crippen molar-refractivity contribution >= 4 is 28.3 Å². The fourth-order valence-electron chi connectivity index (χ4n) is 2.60. The Kier molecular flexibility index (Phi) is 10.3. The lowest BCUT2D eigenvalue weighted by molar-refractivity contribution is -0.143. The van der Waals surface area contributed by atoms with Gasteiger partial charge in [-0.3, -0.25) is 9.35 Å². The van der Waals surface area contributed by atoms with Gasteiger partial charge in [0.25, 0.3) is 5.91 Å². The molecule has 1 aromatic rings. The third-order valence-electron chi connectivity index (χ3n) is 4.08. The molecule has 0 atom stereocenters. The maximum absolute atomic E-state index is 12.5. The van der Waals surface area contributed by atoms with Crippen molar-refractivity contribution in [2.45, 2.75) is 38.7 Å². The molecule has 2 rings (SSSR count). The molecule has 1 saturated heterocycles. The zero-order valence-corrected chi connectivity index (χ0v) is 20.4. The molecular formula is C19H24F6N4O7S. The predicted octanol–water partition coefficient (Wildman–Crippen LogP) is 2.79. The number of benzene rings is 1. The molecule has 1 fully saturated rings. The van der Waals surface area contributed by atoms with Gasteiger partial charge in [-0.25, -0.2) is 19.6 Å². The van der Waals surface area contributed by atoms with Crippen LogP contribution in [-0.4, -0.2) is 67.7 Å². The number of carbonyl (C=O) groups is 3. The molecule has 0 aromatic heterocycles. The van der Waals surface area contributed by atoms with E-state index in [0.29, 0.717) is 13.1 Å². The average Bonchev–Trinajstić information content (AvgIpc) is 2.70. The van der Waals surface area contributed by atoms with Gasteiger partial charge in [-0.15, -0.1) is 0 Å². The van der Waals surface area contributed by atoms with Crippen molar-refractivity contribution in [3.8, 4) is 0 Å². The first-order valence-corrected chi connectivity index (χ1v) is 11.6. The maximum Gasteiger partial charge on any atom is 0.416 e. The van der Waals surface area contributed by atoms with E-state index < -0.39 is 63.0 Å². The number of alkyl carbamates (subject to hydrolysis) is 1. The summed E-state index contributed by atoms with van der Waals surface area (Å²) in [5, 5.41) is 5.33. The molecule has 4 amide bonds. The Morgan fingerprint density at radius 2 is 1.41 bits per heavy atom. The fraction of sp³-hybridized carbons (Fsp3) is 0.526. The minimum atomic E-state index is -5.19. The lowest BCUT2D eigenvalue weighted by Gasteiger charge is -2.27. The number of rotatable bonds is 2. The first-order valence-electron chi connectivity index (χ1n) is 10.2. The van der Waals surface area contributed by atoms with Crippen molar-refractivity contribution < 1.29 is 58.4 Å². The number of carbonyl (C=O) groups excluding carboxylic acids is 3. The molecule has 0 radical (unpaired) electrons. The van der Waals surface area contributed by atoms with Crippen molar-refractivity contribution in [3.05, 3.63) is 34.9 Å². The standard InChI is InChI=1S/C10H19N3O3.C9H5F6NO4S/c1-10(2,3)16-9(15)12-8(14)13-6-4-11-5-7-13;10-8(11,12)5-1-4(7(17)16-21(18,19)20)2-6(3-5)9(13,14)15/h11H,4-7H2,1-3H3,(H,12,14,15);1-3H,(H,16,17)(H,18,19,20). The lowest BCUT2D eigenvalue weighted by atomic mass is 10.0. The molecule has 11 nitrogen and oxygen atoms in total. The first kappa shape index (κ1) is 31.9. The number of piperazine rings is 1. The third kappa shape index (κ3) is 12.1. The highest BCUT2D eigenvalue weighted by Gasteiger charge is 2.37. The summed E-state index contributed by atoms with van der Waals surface area (Å²) in [4.78, 5) is 35.7. The van der Waals surface area contributed by atoms with E-state index in [1.54, 1.807) is 25.7 Å². The Hall–Kier alpha value is -3.12. The van der Waals surface area contributed by atoms with Gasteiger partial charge in [0.05, 0.1) is 11.1 Å². The zero-order chi connectivity index (χ0) is 28.8. The summed E-state index contributed by atoms with van der Waals surface area (Å²) in [6, 6.07) is -0.578. The number of hydrogen-bond acceptors (Lipinski definition) is 7. The Labute approximate surface area is 207 Å². The van der Waals surface area contributed by atoms with Crippen LogP contribution in [0.2, 0.25) is 0 Å². The van der Waals surface area contributed by atoms with E-state index in [1.807, 2.05) is 0 Å². The van der Waals surface area contributed by atoms with Gasteiger partial charge in [-0.2, -0.15) is 34.8 Å². The van der Waals surface area contributed by atoms with Crippen LogP contribution in [0.25, 0.3) is 0 Å². The number of ether oxygens (including phenoxy) is 1. The van der Waals surface area contributed by atoms with Gasteiger partial charge < -0.3 is 15.0 Å². The van der Waals surface area contributed by atoms with E-state index in [9.17, 15) is 49.1 Å². The highest BCUT2D eigenvalue weighted by molar-refractivity contribution is 7.84. The van der Waals surface area contributed by atoms with Gasteiger partial charge in [0.15, 0.2) is 0 Å². The molecule has 1 aliphatic heterocycles. The molecule has 0 saturated carbocycles. The average molecular weight is 566 g/mol. The van der Waals surface area contributed by atoms with E-state index in [2.05, 4.69) is 10.6 Å². The van der Waals surface area contributed by atoms with E-state index in [0.717, 1.165) is 17.8 Å². The number of alkyl halides is 6. The Bertz CT molecular complexity index is 1060. The number of halogens is 6. The van der Waals surface area contributed by atoms with Crippen LogP contribution >= 0.6 is 0 Å². The highest BCUT2D eigenvalue weighted by Crippen LogP contribution is 2.36. The van der Waals surface area contributed by atoms with Gasteiger partial charge in [0.1, 0.15) is 5.60 Å².